The second kappa shape index (κ2) is 6.71. The summed E-state index contributed by atoms with van der Waals surface area (Å²) in [6.07, 6.45) is 3.66. The molecule has 0 unspecified atom stereocenters. The highest BCUT2D eigenvalue weighted by Gasteiger charge is 2.04. The van der Waals surface area contributed by atoms with Crippen LogP contribution in [0, 0.1) is 0 Å². The summed E-state index contributed by atoms with van der Waals surface area (Å²) in [5.41, 5.74) is 2.50. The summed E-state index contributed by atoms with van der Waals surface area (Å²) in [4.78, 5) is 4.56. The van der Waals surface area contributed by atoms with Gasteiger partial charge in [0.1, 0.15) is 0 Å². The molecule has 2 aromatic rings. The number of fused-ring (bicyclic) bond motifs is 1. The monoisotopic (exact) mass is 264 g/mol. The molecule has 0 saturated carbocycles. The summed E-state index contributed by atoms with van der Waals surface area (Å²) in [7, 11) is 1.71. The molecule has 18 heavy (non-hydrogen) atoms. The summed E-state index contributed by atoms with van der Waals surface area (Å²) in [6, 6.07) is 6.58. The predicted octanol–water partition coefficient (Wildman–Crippen LogP) is 3.70. The lowest BCUT2D eigenvalue weighted by atomic mass is 10.1. The van der Waals surface area contributed by atoms with Crippen LogP contribution in [0.25, 0.3) is 10.2 Å². The van der Waals surface area contributed by atoms with Crippen LogP contribution in [0.5, 0.6) is 0 Å². The smallest absolute Gasteiger partial charge is 0.183 e. The Morgan fingerprint density at radius 2 is 2.28 bits per heavy atom. The van der Waals surface area contributed by atoms with Crippen molar-refractivity contribution in [1.82, 2.24) is 4.98 Å². The van der Waals surface area contributed by atoms with E-state index in [9.17, 15) is 0 Å². The number of ether oxygens (including phenoxy) is 1. The van der Waals surface area contributed by atoms with Crippen LogP contribution in [0.15, 0.2) is 18.2 Å². The minimum absolute atomic E-state index is 0.706. The molecule has 0 amide bonds. The standard InChI is InChI=1S/C14H20N2OS/c1-3-4-5-11-6-7-12-13(10-11)18-14(16-12)15-8-9-17-2/h6-7,10H,3-5,8-9H2,1-2H3,(H,15,16). The molecule has 0 saturated heterocycles. The van der Waals surface area contributed by atoms with Crippen LogP contribution in [-0.4, -0.2) is 25.2 Å². The maximum atomic E-state index is 5.02. The highest BCUT2D eigenvalue weighted by atomic mass is 32.1. The average molecular weight is 264 g/mol. The Kier molecular flexibility index (Phi) is 4.96. The van der Waals surface area contributed by atoms with E-state index in [4.69, 9.17) is 4.74 Å². The molecule has 3 nitrogen and oxygen atoms in total. The molecule has 2 rings (SSSR count). The van der Waals surface area contributed by atoms with E-state index < -0.39 is 0 Å². The molecule has 0 aliphatic heterocycles. The first-order valence-electron chi connectivity index (χ1n) is 6.45. The minimum atomic E-state index is 0.706. The first-order valence-corrected chi connectivity index (χ1v) is 7.27. The van der Waals surface area contributed by atoms with Crippen LogP contribution in [0.1, 0.15) is 25.3 Å². The molecule has 0 bridgehead atoms. The maximum Gasteiger partial charge on any atom is 0.183 e. The third-order valence-corrected chi connectivity index (χ3v) is 3.83. The number of nitrogens with zero attached hydrogens (tertiary/aromatic N) is 1. The van der Waals surface area contributed by atoms with Gasteiger partial charge in [-0.25, -0.2) is 4.98 Å². The average Bonchev–Trinajstić information content (AvgIpc) is 2.78. The van der Waals surface area contributed by atoms with Crippen molar-refractivity contribution in [3.8, 4) is 0 Å². The van der Waals surface area contributed by atoms with Gasteiger partial charge in [0.15, 0.2) is 5.13 Å². The van der Waals surface area contributed by atoms with Gasteiger partial charge in [-0.1, -0.05) is 30.7 Å². The molecule has 0 radical (unpaired) electrons. The normalized spacial score (nSPS) is 11.0. The molecule has 1 aromatic carbocycles. The number of thiazole rings is 1. The van der Waals surface area contributed by atoms with Crippen molar-refractivity contribution in [2.75, 3.05) is 25.6 Å². The number of benzene rings is 1. The molecule has 0 atom stereocenters. The first-order chi connectivity index (χ1) is 8.83. The predicted molar refractivity (Wildman–Crippen MR) is 78.6 cm³/mol. The Balaban J connectivity index is 2.07. The van der Waals surface area contributed by atoms with Gasteiger partial charge in [-0.05, 0) is 30.5 Å². The fourth-order valence-corrected chi connectivity index (χ4v) is 2.80. The molecular weight excluding hydrogens is 244 g/mol. The maximum absolute atomic E-state index is 5.02. The topological polar surface area (TPSA) is 34.2 Å². The summed E-state index contributed by atoms with van der Waals surface area (Å²) >= 11 is 1.72. The molecule has 0 aliphatic carbocycles. The van der Waals surface area contributed by atoms with Crippen LogP contribution >= 0.6 is 11.3 Å². The number of unbranched alkanes of at least 4 members (excludes halogenated alkanes) is 1. The molecule has 1 heterocycles. The summed E-state index contributed by atoms with van der Waals surface area (Å²) < 4.78 is 6.28. The second-order valence-electron chi connectivity index (χ2n) is 4.34. The molecule has 0 aliphatic rings. The number of anilines is 1. The van der Waals surface area contributed by atoms with Crippen molar-refractivity contribution in [3.63, 3.8) is 0 Å². The SMILES string of the molecule is CCCCc1ccc2nc(NCCOC)sc2c1. The van der Waals surface area contributed by atoms with E-state index in [1.165, 1.54) is 23.1 Å². The van der Waals surface area contributed by atoms with Crippen molar-refractivity contribution in [3.05, 3.63) is 23.8 Å². The molecule has 0 spiro atoms. The van der Waals surface area contributed by atoms with Gasteiger partial charge in [-0.3, -0.25) is 0 Å². The van der Waals surface area contributed by atoms with Gasteiger partial charge in [0.05, 0.1) is 16.8 Å². The fourth-order valence-electron chi connectivity index (χ4n) is 1.84. The van der Waals surface area contributed by atoms with Crippen molar-refractivity contribution < 1.29 is 4.74 Å². The van der Waals surface area contributed by atoms with Crippen LogP contribution in [-0.2, 0) is 11.2 Å². The van der Waals surface area contributed by atoms with E-state index >= 15 is 0 Å². The largest absolute Gasteiger partial charge is 0.383 e. The van der Waals surface area contributed by atoms with Gasteiger partial charge >= 0.3 is 0 Å². The van der Waals surface area contributed by atoms with Gasteiger partial charge in [0.2, 0.25) is 0 Å². The van der Waals surface area contributed by atoms with Crippen LogP contribution in [0.2, 0.25) is 0 Å². The Morgan fingerprint density at radius 3 is 3.06 bits per heavy atom. The van der Waals surface area contributed by atoms with Gasteiger partial charge in [-0.2, -0.15) is 0 Å². The number of methoxy groups -OCH3 is 1. The molecule has 0 fully saturated rings. The lowest BCUT2D eigenvalue weighted by molar-refractivity contribution is 0.211. The van der Waals surface area contributed by atoms with E-state index in [0.29, 0.717) is 6.61 Å². The Hall–Kier alpha value is -1.13. The molecule has 1 aromatic heterocycles. The fraction of sp³-hybridized carbons (Fsp3) is 0.500. The number of aryl methyl sites for hydroxylation is 1. The highest BCUT2D eigenvalue weighted by Crippen LogP contribution is 2.27. The molecular formula is C14H20N2OS. The second-order valence-corrected chi connectivity index (χ2v) is 5.37. The number of rotatable bonds is 7. The van der Waals surface area contributed by atoms with E-state index in [0.717, 1.165) is 23.6 Å². The Bertz CT molecular complexity index is 495. The van der Waals surface area contributed by atoms with Gasteiger partial charge in [0.25, 0.3) is 0 Å². The molecule has 1 N–H and O–H groups in total. The minimum Gasteiger partial charge on any atom is -0.383 e. The summed E-state index contributed by atoms with van der Waals surface area (Å²) in [6.45, 7) is 3.74. The van der Waals surface area contributed by atoms with Crippen molar-refractivity contribution >= 4 is 26.7 Å². The third-order valence-electron chi connectivity index (χ3n) is 2.85. The summed E-state index contributed by atoms with van der Waals surface area (Å²) in [5, 5.41) is 4.26. The van der Waals surface area contributed by atoms with Crippen LogP contribution in [0.4, 0.5) is 5.13 Å². The van der Waals surface area contributed by atoms with E-state index in [2.05, 4.69) is 35.4 Å². The number of nitrogens with one attached hydrogen (secondary N) is 1. The zero-order valence-corrected chi connectivity index (χ0v) is 11.8. The summed E-state index contributed by atoms with van der Waals surface area (Å²) in [5.74, 6) is 0. The van der Waals surface area contributed by atoms with Crippen LogP contribution < -0.4 is 5.32 Å². The van der Waals surface area contributed by atoms with Crippen molar-refractivity contribution in [2.24, 2.45) is 0 Å². The van der Waals surface area contributed by atoms with Crippen LogP contribution in [0.3, 0.4) is 0 Å². The zero-order chi connectivity index (χ0) is 12.8. The number of hydrogen-bond acceptors (Lipinski definition) is 4. The lowest BCUT2D eigenvalue weighted by Crippen LogP contribution is -2.06. The zero-order valence-electron chi connectivity index (χ0n) is 11.0. The molecule has 98 valence electrons. The number of aromatic nitrogens is 1. The highest BCUT2D eigenvalue weighted by molar-refractivity contribution is 7.22. The third kappa shape index (κ3) is 3.43. The van der Waals surface area contributed by atoms with E-state index in [-0.39, 0.29) is 0 Å². The number of hydrogen-bond donors (Lipinski definition) is 1. The van der Waals surface area contributed by atoms with E-state index in [1.54, 1.807) is 18.4 Å². The Labute approximate surface area is 112 Å². The Morgan fingerprint density at radius 1 is 1.39 bits per heavy atom. The first kappa shape index (κ1) is 13.3. The lowest BCUT2D eigenvalue weighted by Gasteiger charge is -1.99. The van der Waals surface area contributed by atoms with Gasteiger partial charge in [-0.15, -0.1) is 0 Å². The van der Waals surface area contributed by atoms with Crippen molar-refractivity contribution in [2.45, 2.75) is 26.2 Å². The van der Waals surface area contributed by atoms with E-state index in [1.807, 2.05) is 0 Å². The van der Waals surface area contributed by atoms with Gasteiger partial charge < -0.3 is 10.1 Å². The quantitative estimate of drug-likeness (QED) is 0.774. The molecule has 4 heteroatoms. The van der Waals surface area contributed by atoms with Crippen molar-refractivity contribution in [1.29, 1.82) is 0 Å². The van der Waals surface area contributed by atoms with Gasteiger partial charge in [0, 0.05) is 13.7 Å².